The fourth-order valence-electron chi connectivity index (χ4n) is 4.32. The molecule has 2 aliphatic rings. The average Bonchev–Trinajstić information content (AvgIpc) is 3.27. The van der Waals surface area contributed by atoms with E-state index in [4.69, 9.17) is 23.2 Å². The molecule has 4 aromatic rings. The lowest BCUT2D eigenvalue weighted by molar-refractivity contribution is 1.26. The van der Waals surface area contributed by atoms with Gasteiger partial charge in [-0.2, -0.15) is 0 Å². The van der Waals surface area contributed by atoms with Crippen molar-refractivity contribution in [3.8, 4) is 22.3 Å². The smallest absolute Gasteiger partial charge is 0.0487 e. The minimum Gasteiger partial charge on any atom is -0.0843 e. The van der Waals surface area contributed by atoms with Crippen molar-refractivity contribution in [2.75, 3.05) is 0 Å². The van der Waals surface area contributed by atoms with Gasteiger partial charge in [-0.15, -0.1) is 0 Å². The molecule has 0 atom stereocenters. The van der Waals surface area contributed by atoms with Gasteiger partial charge < -0.3 is 0 Å². The van der Waals surface area contributed by atoms with E-state index < -0.39 is 0 Å². The molecule has 0 aliphatic heterocycles. The number of halogens is 4. The van der Waals surface area contributed by atoms with E-state index in [2.05, 4.69) is 80.4 Å². The Morgan fingerprint density at radius 2 is 1.23 bits per heavy atom. The molecule has 0 amide bonds. The summed E-state index contributed by atoms with van der Waals surface area (Å²) in [5.74, 6) is 0. The molecular formula is C26H16Br2Cl2. The van der Waals surface area contributed by atoms with Gasteiger partial charge in [0.2, 0.25) is 0 Å². The van der Waals surface area contributed by atoms with Gasteiger partial charge in [-0.3, -0.25) is 0 Å². The summed E-state index contributed by atoms with van der Waals surface area (Å²) in [7, 11) is 0. The zero-order valence-corrected chi connectivity index (χ0v) is 20.5. The highest BCUT2D eigenvalue weighted by Crippen LogP contribution is 2.43. The van der Waals surface area contributed by atoms with E-state index in [1.54, 1.807) is 0 Å². The Hall–Kier alpha value is -1.58. The van der Waals surface area contributed by atoms with Gasteiger partial charge in [0, 0.05) is 24.6 Å². The molecule has 0 bridgehead atoms. The Labute approximate surface area is 203 Å². The number of rotatable bonds is 0. The van der Waals surface area contributed by atoms with Gasteiger partial charge in [-0.25, -0.2) is 0 Å². The highest BCUT2D eigenvalue weighted by Gasteiger charge is 2.21. The second kappa shape index (κ2) is 8.16. The maximum absolute atomic E-state index is 6.23. The van der Waals surface area contributed by atoms with Crippen LogP contribution in [0.25, 0.3) is 22.3 Å². The van der Waals surface area contributed by atoms with Crippen LogP contribution in [0.4, 0.5) is 0 Å². The third kappa shape index (κ3) is 3.65. The van der Waals surface area contributed by atoms with Crippen molar-refractivity contribution >= 4 is 55.1 Å². The fourth-order valence-corrected chi connectivity index (χ4v) is 5.77. The van der Waals surface area contributed by atoms with E-state index >= 15 is 0 Å². The summed E-state index contributed by atoms with van der Waals surface area (Å²) in [6.45, 7) is 0. The van der Waals surface area contributed by atoms with Gasteiger partial charge in [-0.05, 0) is 88.2 Å². The van der Waals surface area contributed by atoms with Crippen molar-refractivity contribution < 1.29 is 0 Å². The molecule has 0 nitrogen and oxygen atoms in total. The number of benzene rings is 4. The average molecular weight is 559 g/mol. The van der Waals surface area contributed by atoms with E-state index in [-0.39, 0.29) is 0 Å². The molecule has 0 aromatic heterocycles. The highest BCUT2D eigenvalue weighted by atomic mass is 79.9. The van der Waals surface area contributed by atoms with E-state index in [0.29, 0.717) is 0 Å². The zero-order chi connectivity index (χ0) is 20.8. The van der Waals surface area contributed by atoms with E-state index in [0.717, 1.165) is 31.8 Å². The Morgan fingerprint density at radius 3 is 2.00 bits per heavy atom. The van der Waals surface area contributed by atoms with Crippen LogP contribution in [0.15, 0.2) is 81.7 Å². The Balaban J connectivity index is 0.000000128. The molecule has 6 rings (SSSR count). The molecule has 0 radical (unpaired) electrons. The van der Waals surface area contributed by atoms with Crippen molar-refractivity contribution in [2.24, 2.45) is 0 Å². The van der Waals surface area contributed by atoms with E-state index in [9.17, 15) is 0 Å². The normalized spacial score (nSPS) is 12.4. The molecule has 0 spiro atoms. The highest BCUT2D eigenvalue weighted by molar-refractivity contribution is 9.10. The van der Waals surface area contributed by atoms with Gasteiger partial charge in [0.05, 0.1) is 0 Å². The van der Waals surface area contributed by atoms with Crippen molar-refractivity contribution in [1.29, 1.82) is 0 Å². The molecule has 0 heterocycles. The topological polar surface area (TPSA) is 0 Å². The standard InChI is InChI=1S/2C13H8BrCl/c14-12-3-1-2-9-6-8-4-5-10(15)7-11(8)13(9)12;14-10-5-4-8-6-9-2-1-3-12(15)13(9)11(8)7-10/h2*1-5,7H,6H2. The van der Waals surface area contributed by atoms with Gasteiger partial charge in [0.1, 0.15) is 0 Å². The molecule has 30 heavy (non-hydrogen) atoms. The lowest BCUT2D eigenvalue weighted by atomic mass is 10.1. The summed E-state index contributed by atoms with van der Waals surface area (Å²) in [5, 5.41) is 1.65. The summed E-state index contributed by atoms with van der Waals surface area (Å²) < 4.78 is 2.26. The Kier molecular flexibility index (Phi) is 5.53. The van der Waals surface area contributed by atoms with E-state index in [1.165, 1.54) is 44.5 Å². The molecule has 0 unspecified atom stereocenters. The van der Waals surface area contributed by atoms with Crippen LogP contribution in [-0.4, -0.2) is 0 Å². The van der Waals surface area contributed by atoms with Gasteiger partial charge in [-0.1, -0.05) is 91.5 Å². The molecule has 148 valence electrons. The number of fused-ring (bicyclic) bond motifs is 6. The lowest BCUT2D eigenvalue weighted by Gasteiger charge is -2.03. The first kappa shape index (κ1) is 20.3. The van der Waals surface area contributed by atoms with Crippen LogP contribution in [0, 0.1) is 0 Å². The zero-order valence-electron chi connectivity index (χ0n) is 15.9. The molecule has 2 aliphatic carbocycles. The van der Waals surface area contributed by atoms with Crippen LogP contribution in [0.5, 0.6) is 0 Å². The van der Waals surface area contributed by atoms with Crippen LogP contribution >= 0.6 is 55.1 Å². The molecule has 4 heteroatoms. The second-order valence-corrected chi connectivity index (χ2v) is 10.1. The predicted octanol–water partition coefficient (Wildman–Crippen LogP) is 9.35. The van der Waals surface area contributed by atoms with Crippen LogP contribution in [0.3, 0.4) is 0 Å². The van der Waals surface area contributed by atoms with Gasteiger partial charge in [0.25, 0.3) is 0 Å². The van der Waals surface area contributed by atoms with Crippen molar-refractivity contribution in [3.63, 3.8) is 0 Å². The summed E-state index contributed by atoms with van der Waals surface area (Å²) >= 11 is 19.4. The van der Waals surface area contributed by atoms with Crippen LogP contribution < -0.4 is 0 Å². The number of hydrogen-bond acceptors (Lipinski definition) is 0. The maximum Gasteiger partial charge on any atom is 0.0487 e. The lowest BCUT2D eigenvalue weighted by Crippen LogP contribution is -1.79. The first-order valence-corrected chi connectivity index (χ1v) is 12.0. The van der Waals surface area contributed by atoms with Gasteiger partial charge >= 0.3 is 0 Å². The summed E-state index contributed by atoms with van der Waals surface area (Å²) in [6.07, 6.45) is 2.01. The Morgan fingerprint density at radius 1 is 0.600 bits per heavy atom. The third-order valence-corrected chi connectivity index (χ3v) is 7.35. The molecule has 0 fully saturated rings. The molecule has 0 saturated heterocycles. The SMILES string of the molecule is Clc1ccc2c(c1)-c1c(Br)cccc1C2.Clc1cccc2c1-c1cc(Br)ccc1C2. The van der Waals surface area contributed by atoms with Crippen molar-refractivity contribution in [2.45, 2.75) is 12.8 Å². The van der Waals surface area contributed by atoms with Crippen LogP contribution in [0.1, 0.15) is 22.3 Å². The Bertz CT molecular complexity index is 1190. The van der Waals surface area contributed by atoms with Crippen LogP contribution in [-0.2, 0) is 12.8 Å². The van der Waals surface area contributed by atoms with Crippen molar-refractivity contribution in [1.82, 2.24) is 0 Å². The van der Waals surface area contributed by atoms with E-state index in [1.807, 2.05) is 24.3 Å². The molecular weight excluding hydrogens is 543 g/mol. The first-order chi connectivity index (χ1) is 14.5. The fraction of sp³-hybridized carbons (Fsp3) is 0.0769. The molecule has 0 saturated carbocycles. The third-order valence-electron chi connectivity index (χ3n) is 5.64. The minimum absolute atomic E-state index is 0.803. The van der Waals surface area contributed by atoms with Crippen LogP contribution in [0.2, 0.25) is 10.0 Å². The quantitative estimate of drug-likeness (QED) is 0.174. The minimum atomic E-state index is 0.803. The molecule has 4 aromatic carbocycles. The summed E-state index contributed by atoms with van der Waals surface area (Å²) in [5.41, 5.74) is 10.5. The molecule has 0 N–H and O–H groups in total. The predicted molar refractivity (Wildman–Crippen MR) is 135 cm³/mol. The first-order valence-electron chi connectivity index (χ1n) is 9.63. The largest absolute Gasteiger partial charge is 0.0843 e. The summed E-state index contributed by atoms with van der Waals surface area (Å²) in [6, 6.07) is 25.0. The van der Waals surface area contributed by atoms with Crippen molar-refractivity contribution in [3.05, 3.63) is 114 Å². The van der Waals surface area contributed by atoms with Gasteiger partial charge in [0.15, 0.2) is 0 Å². The monoisotopic (exact) mass is 556 g/mol. The second-order valence-electron chi connectivity index (χ2n) is 7.50. The number of hydrogen-bond donors (Lipinski definition) is 0. The summed E-state index contributed by atoms with van der Waals surface area (Å²) in [4.78, 5) is 0. The maximum atomic E-state index is 6.23.